The predicted molar refractivity (Wildman–Crippen MR) is 78.6 cm³/mol. The SMILES string of the molecule is Cc1cc(CCC(O)C(=O)O)ccc1-c1ccccc1. The molecule has 3 nitrogen and oxygen atoms in total. The summed E-state index contributed by atoms with van der Waals surface area (Å²) < 4.78 is 0. The second-order valence-electron chi connectivity index (χ2n) is 4.91. The van der Waals surface area contributed by atoms with Crippen molar-refractivity contribution in [2.24, 2.45) is 0 Å². The third-order valence-electron chi connectivity index (χ3n) is 3.37. The first-order valence-corrected chi connectivity index (χ1v) is 6.64. The minimum absolute atomic E-state index is 0.236. The molecule has 0 radical (unpaired) electrons. The maximum absolute atomic E-state index is 10.6. The predicted octanol–water partition coefficient (Wildman–Crippen LogP) is 3.04. The smallest absolute Gasteiger partial charge is 0.332 e. The summed E-state index contributed by atoms with van der Waals surface area (Å²) in [5, 5.41) is 17.9. The number of aliphatic hydroxyl groups is 1. The van der Waals surface area contributed by atoms with Crippen molar-refractivity contribution < 1.29 is 15.0 Å². The lowest BCUT2D eigenvalue weighted by Crippen LogP contribution is -2.19. The maximum atomic E-state index is 10.6. The molecule has 0 fully saturated rings. The Hall–Kier alpha value is -2.13. The zero-order valence-electron chi connectivity index (χ0n) is 11.4. The monoisotopic (exact) mass is 270 g/mol. The third kappa shape index (κ3) is 3.45. The number of aliphatic hydroxyl groups excluding tert-OH is 1. The molecule has 1 atom stereocenters. The van der Waals surface area contributed by atoms with Crippen LogP contribution in [0.2, 0.25) is 0 Å². The molecule has 0 aliphatic carbocycles. The summed E-state index contributed by atoms with van der Waals surface area (Å²) in [5.41, 5.74) is 4.54. The van der Waals surface area contributed by atoms with E-state index in [0.717, 1.165) is 11.1 Å². The summed E-state index contributed by atoms with van der Waals surface area (Å²) in [6, 6.07) is 16.2. The highest BCUT2D eigenvalue weighted by atomic mass is 16.4. The summed E-state index contributed by atoms with van der Waals surface area (Å²) in [6.07, 6.45) is -0.493. The van der Waals surface area contributed by atoms with Crippen LogP contribution in [0.4, 0.5) is 0 Å². The Bertz CT molecular complexity index is 590. The topological polar surface area (TPSA) is 57.5 Å². The number of rotatable bonds is 5. The van der Waals surface area contributed by atoms with Crippen molar-refractivity contribution in [2.75, 3.05) is 0 Å². The largest absolute Gasteiger partial charge is 0.479 e. The molecule has 2 aromatic rings. The van der Waals surface area contributed by atoms with E-state index < -0.39 is 12.1 Å². The minimum Gasteiger partial charge on any atom is -0.479 e. The van der Waals surface area contributed by atoms with Gasteiger partial charge in [-0.05, 0) is 42.0 Å². The van der Waals surface area contributed by atoms with E-state index in [-0.39, 0.29) is 6.42 Å². The van der Waals surface area contributed by atoms with Crippen LogP contribution in [-0.4, -0.2) is 22.3 Å². The van der Waals surface area contributed by atoms with E-state index in [9.17, 15) is 9.90 Å². The first-order chi connectivity index (χ1) is 9.58. The number of benzene rings is 2. The maximum Gasteiger partial charge on any atom is 0.332 e. The third-order valence-corrected chi connectivity index (χ3v) is 3.37. The van der Waals surface area contributed by atoms with Crippen LogP contribution in [-0.2, 0) is 11.2 Å². The number of carboxylic acid groups (broad SMARTS) is 1. The Balaban J connectivity index is 2.12. The van der Waals surface area contributed by atoms with Gasteiger partial charge in [-0.25, -0.2) is 4.79 Å². The Kier molecular flexibility index (Phi) is 4.53. The fourth-order valence-electron chi connectivity index (χ4n) is 2.25. The van der Waals surface area contributed by atoms with Gasteiger partial charge in [0.25, 0.3) is 0 Å². The van der Waals surface area contributed by atoms with Crippen molar-refractivity contribution in [3.63, 3.8) is 0 Å². The molecule has 0 saturated heterocycles. The number of aliphatic carboxylic acids is 1. The molecule has 2 aromatic carbocycles. The summed E-state index contributed by atoms with van der Waals surface area (Å²) in [6.45, 7) is 2.04. The molecule has 0 bridgehead atoms. The molecule has 0 saturated carbocycles. The van der Waals surface area contributed by atoms with Gasteiger partial charge in [-0.1, -0.05) is 48.5 Å². The standard InChI is InChI=1S/C17H18O3/c1-12-11-13(8-10-16(18)17(19)20)7-9-15(12)14-5-3-2-4-6-14/h2-7,9,11,16,18H,8,10H2,1H3,(H,19,20). The van der Waals surface area contributed by atoms with Crippen molar-refractivity contribution in [1.82, 2.24) is 0 Å². The molecular weight excluding hydrogens is 252 g/mol. The van der Waals surface area contributed by atoms with E-state index in [1.54, 1.807) is 0 Å². The molecule has 0 aromatic heterocycles. The molecule has 0 heterocycles. The molecule has 104 valence electrons. The molecule has 0 spiro atoms. The lowest BCUT2D eigenvalue weighted by Gasteiger charge is -2.10. The molecule has 0 aliphatic heterocycles. The van der Waals surface area contributed by atoms with Crippen LogP contribution in [0.3, 0.4) is 0 Å². The first kappa shape index (κ1) is 14.3. The van der Waals surface area contributed by atoms with Crippen molar-refractivity contribution in [1.29, 1.82) is 0 Å². The Morgan fingerprint density at radius 3 is 2.45 bits per heavy atom. The lowest BCUT2D eigenvalue weighted by atomic mass is 9.96. The van der Waals surface area contributed by atoms with E-state index in [0.29, 0.717) is 6.42 Å². The van der Waals surface area contributed by atoms with E-state index >= 15 is 0 Å². The molecule has 3 heteroatoms. The summed E-state index contributed by atoms with van der Waals surface area (Å²) >= 11 is 0. The van der Waals surface area contributed by atoms with Crippen LogP contribution < -0.4 is 0 Å². The fourth-order valence-corrected chi connectivity index (χ4v) is 2.25. The normalized spacial score (nSPS) is 12.1. The number of carbonyl (C=O) groups is 1. The quantitative estimate of drug-likeness (QED) is 0.878. The van der Waals surface area contributed by atoms with Gasteiger partial charge in [-0.3, -0.25) is 0 Å². The fraction of sp³-hybridized carbons (Fsp3) is 0.235. The molecule has 2 N–H and O–H groups in total. The second kappa shape index (κ2) is 6.35. The van der Waals surface area contributed by atoms with Gasteiger partial charge in [0.05, 0.1) is 0 Å². The van der Waals surface area contributed by atoms with Crippen molar-refractivity contribution in [3.05, 3.63) is 59.7 Å². The highest BCUT2D eigenvalue weighted by molar-refractivity contribution is 5.72. The summed E-state index contributed by atoms with van der Waals surface area (Å²) in [4.78, 5) is 10.6. The van der Waals surface area contributed by atoms with Crippen LogP contribution in [0.25, 0.3) is 11.1 Å². The van der Waals surface area contributed by atoms with E-state index in [1.165, 1.54) is 11.1 Å². The minimum atomic E-state index is -1.29. The van der Waals surface area contributed by atoms with Crippen molar-refractivity contribution in [3.8, 4) is 11.1 Å². The van der Waals surface area contributed by atoms with Crippen LogP contribution in [0.1, 0.15) is 17.5 Å². The average molecular weight is 270 g/mol. The van der Waals surface area contributed by atoms with Crippen LogP contribution >= 0.6 is 0 Å². The average Bonchev–Trinajstić information content (AvgIpc) is 2.45. The van der Waals surface area contributed by atoms with Crippen LogP contribution in [0, 0.1) is 6.92 Å². The Labute approximate surface area is 118 Å². The van der Waals surface area contributed by atoms with E-state index in [1.807, 2.05) is 37.3 Å². The Morgan fingerprint density at radius 2 is 1.85 bits per heavy atom. The van der Waals surface area contributed by atoms with Gasteiger partial charge in [0.1, 0.15) is 0 Å². The molecule has 2 rings (SSSR count). The number of hydrogen-bond acceptors (Lipinski definition) is 2. The van der Waals surface area contributed by atoms with Gasteiger partial charge in [0, 0.05) is 0 Å². The van der Waals surface area contributed by atoms with Crippen molar-refractivity contribution in [2.45, 2.75) is 25.9 Å². The summed E-state index contributed by atoms with van der Waals surface area (Å²) in [7, 11) is 0. The molecule has 1 unspecified atom stereocenters. The Morgan fingerprint density at radius 1 is 1.15 bits per heavy atom. The van der Waals surface area contributed by atoms with Gasteiger partial charge in [0.15, 0.2) is 6.10 Å². The second-order valence-corrected chi connectivity index (χ2v) is 4.91. The highest BCUT2D eigenvalue weighted by Gasteiger charge is 2.12. The number of hydrogen-bond donors (Lipinski definition) is 2. The molecule has 0 aliphatic rings. The zero-order chi connectivity index (χ0) is 14.5. The van der Waals surface area contributed by atoms with Gasteiger partial charge in [-0.15, -0.1) is 0 Å². The molecular formula is C17H18O3. The highest BCUT2D eigenvalue weighted by Crippen LogP contribution is 2.24. The number of carboxylic acids is 1. The van der Waals surface area contributed by atoms with Gasteiger partial charge in [0.2, 0.25) is 0 Å². The van der Waals surface area contributed by atoms with Crippen LogP contribution in [0.5, 0.6) is 0 Å². The number of aryl methyl sites for hydroxylation is 2. The van der Waals surface area contributed by atoms with Crippen LogP contribution in [0.15, 0.2) is 48.5 Å². The lowest BCUT2D eigenvalue weighted by molar-refractivity contribution is -0.146. The first-order valence-electron chi connectivity index (χ1n) is 6.64. The molecule has 0 amide bonds. The summed E-state index contributed by atoms with van der Waals surface area (Å²) in [5.74, 6) is -1.16. The van der Waals surface area contributed by atoms with E-state index in [4.69, 9.17) is 5.11 Å². The van der Waals surface area contributed by atoms with Gasteiger partial charge < -0.3 is 10.2 Å². The van der Waals surface area contributed by atoms with Gasteiger partial charge >= 0.3 is 5.97 Å². The molecule has 20 heavy (non-hydrogen) atoms. The van der Waals surface area contributed by atoms with Crippen molar-refractivity contribution >= 4 is 5.97 Å². The zero-order valence-corrected chi connectivity index (χ0v) is 11.4. The van der Waals surface area contributed by atoms with Gasteiger partial charge in [-0.2, -0.15) is 0 Å². The van der Waals surface area contributed by atoms with E-state index in [2.05, 4.69) is 18.2 Å².